The van der Waals surface area contributed by atoms with E-state index in [1.54, 1.807) is 7.11 Å². The van der Waals surface area contributed by atoms with Gasteiger partial charge in [0.05, 0.1) is 78.6 Å². The molecule has 3 amide bonds. The number of ether oxygens (including phenoxy) is 5. The molecule has 0 unspecified atom stereocenters. The molecule has 0 radical (unpaired) electrons. The van der Waals surface area contributed by atoms with Crippen molar-refractivity contribution in [3.05, 3.63) is 53.7 Å². The molecule has 4 heterocycles. The zero-order valence-electron chi connectivity index (χ0n) is 33.4. The van der Waals surface area contributed by atoms with Crippen molar-refractivity contribution < 1.29 is 38.1 Å². The minimum Gasteiger partial charge on any atom is -0.496 e. The van der Waals surface area contributed by atoms with E-state index in [1.165, 1.54) is 17.1 Å². The Morgan fingerprint density at radius 1 is 0.825 bits per heavy atom. The molecule has 4 N–H and O–H groups in total. The van der Waals surface area contributed by atoms with Gasteiger partial charge in [0.25, 0.3) is 11.8 Å². The molecule has 57 heavy (non-hydrogen) atoms. The monoisotopic (exact) mass is 793 g/mol. The Balaban J connectivity index is 0.854. The molecule has 0 saturated carbocycles. The summed E-state index contributed by atoms with van der Waals surface area (Å²) < 4.78 is 30.5. The Kier molecular flexibility index (Phi) is 18.0. The van der Waals surface area contributed by atoms with E-state index in [0.29, 0.717) is 85.6 Å². The molecule has 17 heteroatoms. The number of piperazine rings is 1. The van der Waals surface area contributed by atoms with Crippen molar-refractivity contribution in [1.29, 1.82) is 0 Å². The lowest BCUT2D eigenvalue weighted by molar-refractivity contribution is -0.137. The van der Waals surface area contributed by atoms with Gasteiger partial charge in [0.1, 0.15) is 11.3 Å². The maximum Gasteiger partial charge on any atom is 0.253 e. The van der Waals surface area contributed by atoms with Crippen LogP contribution in [0, 0.1) is 0 Å². The summed E-state index contributed by atoms with van der Waals surface area (Å²) >= 11 is 0. The van der Waals surface area contributed by atoms with E-state index < -0.39 is 0 Å². The predicted molar refractivity (Wildman–Crippen MR) is 216 cm³/mol. The van der Waals surface area contributed by atoms with Crippen LogP contribution in [0.15, 0.2) is 42.6 Å². The average molecular weight is 794 g/mol. The van der Waals surface area contributed by atoms with E-state index in [9.17, 15) is 14.4 Å². The molecular weight excluding hydrogens is 734 g/mol. The smallest absolute Gasteiger partial charge is 0.253 e. The van der Waals surface area contributed by atoms with Crippen molar-refractivity contribution in [3.63, 3.8) is 0 Å². The van der Waals surface area contributed by atoms with Crippen LogP contribution >= 0.6 is 0 Å². The Hall–Kier alpha value is -4.65. The average Bonchev–Trinajstić information content (AvgIpc) is 3.76. The molecule has 5 rings (SSSR count). The summed E-state index contributed by atoms with van der Waals surface area (Å²) in [4.78, 5) is 50.2. The summed E-state index contributed by atoms with van der Waals surface area (Å²) in [7, 11) is 1.67. The summed E-state index contributed by atoms with van der Waals surface area (Å²) in [6, 6.07) is 8.06. The standard InChI is InChI=1S/C40H59N9O8/c1-3-4-5-11-43-39-38-33(44-40(41)45-39)10-13-48(38)28-32-7-6-31(27-34(32)53-2)30-57-26-25-56-24-23-55-22-21-54-20-12-42-35(50)29-47-16-14-46(15-17-47)18-19-49-36(51)8-9-37(49)52/h6-10,13,27H,3-5,11-12,14-26,28-30H2,1-2H3,(H,42,50)(H3,41,43,44,45). The summed E-state index contributed by atoms with van der Waals surface area (Å²) in [5.74, 6) is 1.22. The van der Waals surface area contributed by atoms with Gasteiger partial charge in [-0.3, -0.25) is 29.1 Å². The second-order valence-electron chi connectivity index (χ2n) is 13.9. The first-order valence-corrected chi connectivity index (χ1v) is 19.9. The molecule has 312 valence electrons. The number of rotatable bonds is 27. The number of nitrogens with two attached hydrogens (primary N) is 1. The molecular formula is C40H59N9O8. The first kappa shape index (κ1) is 43.5. The molecule has 0 aliphatic carbocycles. The van der Waals surface area contributed by atoms with Crippen LogP contribution in [0.1, 0.15) is 37.3 Å². The lowest BCUT2D eigenvalue weighted by atomic mass is 10.1. The fourth-order valence-electron chi connectivity index (χ4n) is 6.59. The van der Waals surface area contributed by atoms with Gasteiger partial charge < -0.3 is 44.6 Å². The number of amides is 3. The maximum atomic E-state index is 12.3. The number of nitrogen functional groups attached to an aromatic ring is 1. The minimum absolute atomic E-state index is 0.0400. The van der Waals surface area contributed by atoms with Crippen molar-refractivity contribution in [2.45, 2.75) is 39.3 Å². The highest BCUT2D eigenvalue weighted by Crippen LogP contribution is 2.27. The lowest BCUT2D eigenvalue weighted by Crippen LogP contribution is -2.51. The Bertz CT molecular complexity index is 1740. The Morgan fingerprint density at radius 2 is 1.51 bits per heavy atom. The number of benzene rings is 1. The number of methoxy groups -OCH3 is 1. The lowest BCUT2D eigenvalue weighted by Gasteiger charge is -2.34. The van der Waals surface area contributed by atoms with E-state index in [0.717, 1.165) is 85.7 Å². The molecule has 17 nitrogen and oxygen atoms in total. The number of nitrogens with one attached hydrogen (secondary N) is 2. The van der Waals surface area contributed by atoms with Gasteiger partial charge in [-0.25, -0.2) is 4.98 Å². The molecule has 2 aliphatic heterocycles. The molecule has 1 saturated heterocycles. The highest BCUT2D eigenvalue weighted by molar-refractivity contribution is 6.12. The zero-order valence-corrected chi connectivity index (χ0v) is 33.4. The number of anilines is 2. The van der Waals surface area contributed by atoms with Crippen molar-refractivity contribution in [2.75, 3.05) is 123 Å². The number of hydrogen-bond acceptors (Lipinski definition) is 14. The number of carbonyl (C=O) groups excluding carboxylic acids is 3. The summed E-state index contributed by atoms with van der Waals surface area (Å²) in [5, 5.41) is 6.34. The Morgan fingerprint density at radius 3 is 2.21 bits per heavy atom. The number of nitrogens with zero attached hydrogens (tertiary/aromatic N) is 6. The van der Waals surface area contributed by atoms with E-state index in [-0.39, 0.29) is 23.7 Å². The normalized spacial score (nSPS) is 14.9. The number of unbranched alkanes of at least 4 members (excludes halogenated alkanes) is 2. The van der Waals surface area contributed by atoms with Crippen molar-refractivity contribution in [3.8, 4) is 5.75 Å². The largest absolute Gasteiger partial charge is 0.496 e. The highest BCUT2D eigenvalue weighted by Gasteiger charge is 2.25. The van der Waals surface area contributed by atoms with Gasteiger partial charge in [0, 0.05) is 76.3 Å². The summed E-state index contributed by atoms with van der Waals surface area (Å²) in [6.45, 7) is 12.0. The van der Waals surface area contributed by atoms with Crippen LogP contribution in [0.4, 0.5) is 11.8 Å². The molecule has 0 spiro atoms. The minimum atomic E-state index is -0.254. The zero-order chi connectivity index (χ0) is 40.2. The Labute approximate surface area is 334 Å². The molecule has 2 aromatic heterocycles. The first-order valence-electron chi connectivity index (χ1n) is 19.9. The molecule has 1 aromatic carbocycles. The third kappa shape index (κ3) is 14.0. The van der Waals surface area contributed by atoms with Crippen LogP contribution in [0.3, 0.4) is 0 Å². The number of imide groups is 1. The number of aromatic nitrogens is 3. The molecule has 2 aliphatic rings. The highest BCUT2D eigenvalue weighted by atomic mass is 16.6. The maximum absolute atomic E-state index is 12.3. The topological polar surface area (TPSA) is 188 Å². The fraction of sp³-hybridized carbons (Fsp3) is 0.575. The van der Waals surface area contributed by atoms with Gasteiger partial charge >= 0.3 is 0 Å². The number of hydrogen-bond donors (Lipinski definition) is 3. The van der Waals surface area contributed by atoms with Gasteiger partial charge in [-0.05, 0) is 24.1 Å². The van der Waals surface area contributed by atoms with Gasteiger partial charge in [0.2, 0.25) is 11.9 Å². The van der Waals surface area contributed by atoms with Crippen LogP contribution in [-0.4, -0.2) is 159 Å². The molecule has 3 aromatic rings. The molecule has 0 bridgehead atoms. The predicted octanol–water partition coefficient (Wildman–Crippen LogP) is 1.90. The van der Waals surface area contributed by atoms with Crippen LogP contribution in [0.25, 0.3) is 11.0 Å². The third-order valence-electron chi connectivity index (χ3n) is 9.72. The summed E-state index contributed by atoms with van der Waals surface area (Å²) in [6.07, 6.45) is 7.97. The first-order chi connectivity index (χ1) is 27.8. The van der Waals surface area contributed by atoms with Crippen LogP contribution in [-0.2, 0) is 46.5 Å². The van der Waals surface area contributed by atoms with E-state index in [1.807, 2.05) is 24.4 Å². The molecule has 0 atom stereocenters. The van der Waals surface area contributed by atoms with Crippen molar-refractivity contribution in [1.82, 2.24) is 34.6 Å². The molecule has 1 fully saturated rings. The second kappa shape index (κ2) is 23.5. The third-order valence-corrected chi connectivity index (χ3v) is 9.72. The van der Waals surface area contributed by atoms with Crippen molar-refractivity contribution >= 4 is 40.5 Å². The van der Waals surface area contributed by atoms with E-state index in [4.69, 9.17) is 29.4 Å². The van der Waals surface area contributed by atoms with Gasteiger partial charge in [-0.1, -0.05) is 31.9 Å². The summed E-state index contributed by atoms with van der Waals surface area (Å²) in [5.41, 5.74) is 9.73. The fourth-order valence-corrected chi connectivity index (χ4v) is 6.59. The van der Waals surface area contributed by atoms with Crippen molar-refractivity contribution in [2.24, 2.45) is 0 Å². The van der Waals surface area contributed by atoms with Gasteiger partial charge in [0.15, 0.2) is 5.82 Å². The van der Waals surface area contributed by atoms with Crippen LogP contribution in [0.5, 0.6) is 5.75 Å². The SMILES string of the molecule is CCCCCNc1nc(N)nc2ccn(Cc3ccc(COCCOCCOCCOCCNC(=O)CN4CCN(CCN5C(=O)C=CC5=O)CC4)cc3OC)c12. The van der Waals surface area contributed by atoms with E-state index >= 15 is 0 Å². The van der Waals surface area contributed by atoms with E-state index in [2.05, 4.69) is 48.0 Å². The number of fused-ring (bicyclic) bond motifs is 1. The number of carbonyl (C=O) groups is 3. The second-order valence-corrected chi connectivity index (χ2v) is 13.9. The van der Waals surface area contributed by atoms with Gasteiger partial charge in [-0.15, -0.1) is 0 Å². The van der Waals surface area contributed by atoms with Gasteiger partial charge in [-0.2, -0.15) is 4.98 Å². The van der Waals surface area contributed by atoms with Crippen LogP contribution in [0.2, 0.25) is 0 Å². The quantitative estimate of drug-likeness (QED) is 0.0750. The van der Waals surface area contributed by atoms with Crippen LogP contribution < -0.4 is 21.1 Å².